The van der Waals surface area contributed by atoms with Gasteiger partial charge in [-0.1, -0.05) is 6.07 Å². The smallest absolute Gasteiger partial charge is 0.451 e. The number of rotatable bonds is 3. The number of esters is 1. The first-order chi connectivity index (χ1) is 8.49. The van der Waals surface area contributed by atoms with Crippen molar-refractivity contribution in [3.05, 3.63) is 29.3 Å². The lowest BCUT2D eigenvalue weighted by molar-refractivity contribution is -0.124. The molecular weight excluding hydrogens is 235 g/mol. The van der Waals surface area contributed by atoms with Crippen LogP contribution in [0.15, 0.2) is 18.2 Å². The predicted molar refractivity (Wildman–Crippen MR) is 64.4 cm³/mol. The van der Waals surface area contributed by atoms with E-state index in [-0.39, 0.29) is 5.78 Å². The Labute approximate surface area is 105 Å². The number of hydrogen-bond acceptors (Lipinski definition) is 5. The van der Waals surface area contributed by atoms with E-state index in [0.717, 1.165) is 5.56 Å². The molecule has 1 unspecified atom stereocenters. The fourth-order valence-corrected chi connectivity index (χ4v) is 1.65. The Morgan fingerprint density at radius 2 is 2.22 bits per heavy atom. The molecule has 1 aliphatic heterocycles. The third-order valence-electron chi connectivity index (χ3n) is 2.90. The number of fused-ring (bicyclic) bond motifs is 1. The molecule has 5 nitrogen and oxygen atoms in total. The number of carbonyl (C=O) groups excluding carboxylic acids is 2. The summed E-state index contributed by atoms with van der Waals surface area (Å²) >= 11 is 0. The summed E-state index contributed by atoms with van der Waals surface area (Å²) in [4.78, 5) is 22.8. The van der Waals surface area contributed by atoms with Crippen LogP contribution in [0.25, 0.3) is 0 Å². The van der Waals surface area contributed by atoms with Crippen LogP contribution in [-0.4, -0.2) is 30.0 Å². The van der Waals surface area contributed by atoms with E-state index < -0.39 is 19.2 Å². The minimum atomic E-state index is -1.00. The molecule has 0 spiro atoms. The van der Waals surface area contributed by atoms with Crippen LogP contribution in [-0.2, 0) is 20.8 Å². The van der Waals surface area contributed by atoms with E-state index in [1.54, 1.807) is 12.1 Å². The first-order valence-corrected chi connectivity index (χ1v) is 5.63. The van der Waals surface area contributed by atoms with Crippen molar-refractivity contribution in [2.75, 3.05) is 0 Å². The summed E-state index contributed by atoms with van der Waals surface area (Å²) in [5.41, 5.74) is 1.71. The molecule has 0 saturated heterocycles. The highest BCUT2D eigenvalue weighted by molar-refractivity contribution is 6.61. The maximum absolute atomic E-state index is 11.8. The minimum absolute atomic E-state index is 0.215. The number of hydrogen-bond donors (Lipinski definition) is 1. The van der Waals surface area contributed by atoms with Crippen molar-refractivity contribution < 1.29 is 24.0 Å². The first-order valence-electron chi connectivity index (χ1n) is 5.63. The molecule has 0 fully saturated rings. The zero-order valence-electron chi connectivity index (χ0n) is 10.2. The van der Waals surface area contributed by atoms with Gasteiger partial charge in [0.15, 0.2) is 11.9 Å². The summed E-state index contributed by atoms with van der Waals surface area (Å²) in [6, 6.07) is 4.83. The summed E-state index contributed by atoms with van der Waals surface area (Å²) in [5.74, 6) is -0.799. The van der Waals surface area contributed by atoms with Crippen LogP contribution in [0.2, 0.25) is 0 Å². The molecule has 18 heavy (non-hydrogen) atoms. The van der Waals surface area contributed by atoms with Crippen molar-refractivity contribution in [2.24, 2.45) is 0 Å². The average Bonchev–Trinajstić information content (AvgIpc) is 2.70. The van der Waals surface area contributed by atoms with Gasteiger partial charge in [-0.05, 0) is 37.0 Å². The van der Waals surface area contributed by atoms with Gasteiger partial charge in [0, 0.05) is 0 Å². The Morgan fingerprint density at radius 1 is 1.50 bits per heavy atom. The molecular formula is C12H13BO5. The molecule has 0 amide bonds. The third kappa shape index (κ3) is 2.44. The Morgan fingerprint density at radius 3 is 2.89 bits per heavy atom. The van der Waals surface area contributed by atoms with Gasteiger partial charge in [0.05, 0.1) is 12.2 Å². The van der Waals surface area contributed by atoms with E-state index in [0.29, 0.717) is 17.6 Å². The van der Waals surface area contributed by atoms with Gasteiger partial charge in [0.2, 0.25) is 0 Å². The molecule has 0 bridgehead atoms. The highest BCUT2D eigenvalue weighted by Gasteiger charge is 2.28. The summed E-state index contributed by atoms with van der Waals surface area (Å²) in [7, 11) is -1.00. The van der Waals surface area contributed by atoms with E-state index in [1.807, 2.05) is 0 Å². The van der Waals surface area contributed by atoms with Crippen LogP contribution in [0.5, 0.6) is 0 Å². The standard InChI is InChI=1S/C12H13BO5/c1-7(14)8(2)18-12(15)9-3-4-10-6-17-13(16)11(10)5-9/h3-5,8,16H,6H2,1-2H3. The topological polar surface area (TPSA) is 72.8 Å². The van der Waals surface area contributed by atoms with Crippen LogP contribution < -0.4 is 5.46 Å². The van der Waals surface area contributed by atoms with Crippen molar-refractivity contribution in [2.45, 2.75) is 26.6 Å². The number of ether oxygens (including phenoxy) is 1. The van der Waals surface area contributed by atoms with Crippen molar-refractivity contribution in [1.29, 1.82) is 0 Å². The molecule has 2 rings (SSSR count). The zero-order chi connectivity index (χ0) is 13.3. The van der Waals surface area contributed by atoms with E-state index in [1.165, 1.54) is 19.9 Å². The van der Waals surface area contributed by atoms with Gasteiger partial charge in [-0.2, -0.15) is 0 Å². The second-order valence-corrected chi connectivity index (χ2v) is 4.24. The molecule has 1 aromatic rings. The van der Waals surface area contributed by atoms with Crippen LogP contribution >= 0.6 is 0 Å². The highest BCUT2D eigenvalue weighted by atomic mass is 16.5. The largest absolute Gasteiger partial charge is 0.491 e. The second-order valence-electron chi connectivity index (χ2n) is 4.24. The normalized spacial score (nSPS) is 15.2. The second kappa shape index (κ2) is 4.92. The summed E-state index contributed by atoms with van der Waals surface area (Å²) in [6.45, 7) is 3.21. The Bertz CT molecular complexity index is 499. The average molecular weight is 248 g/mol. The fourth-order valence-electron chi connectivity index (χ4n) is 1.65. The highest BCUT2D eigenvalue weighted by Crippen LogP contribution is 2.12. The number of Topliss-reactive ketones (excluding diaryl/α,β-unsaturated/α-hetero) is 1. The molecule has 94 valence electrons. The predicted octanol–water partition coefficient (Wildman–Crippen LogP) is 0.0386. The first kappa shape index (κ1) is 12.8. The molecule has 1 aliphatic rings. The van der Waals surface area contributed by atoms with Crippen LogP contribution in [0.4, 0.5) is 0 Å². The molecule has 6 heteroatoms. The maximum atomic E-state index is 11.8. The molecule has 1 N–H and O–H groups in total. The van der Waals surface area contributed by atoms with E-state index in [2.05, 4.69) is 0 Å². The molecule has 1 aromatic carbocycles. The molecule has 0 radical (unpaired) electrons. The van der Waals surface area contributed by atoms with Crippen molar-refractivity contribution in [1.82, 2.24) is 0 Å². The fraction of sp³-hybridized carbons (Fsp3) is 0.333. The number of ketones is 1. The quantitative estimate of drug-likeness (QED) is 0.603. The van der Waals surface area contributed by atoms with Gasteiger partial charge in [0.25, 0.3) is 0 Å². The van der Waals surface area contributed by atoms with Gasteiger partial charge in [-0.3, -0.25) is 4.79 Å². The lowest BCUT2D eigenvalue weighted by Gasteiger charge is -2.10. The summed E-state index contributed by atoms with van der Waals surface area (Å²) in [6.07, 6.45) is -0.771. The van der Waals surface area contributed by atoms with Crippen LogP contribution in [0.3, 0.4) is 0 Å². The van der Waals surface area contributed by atoms with E-state index in [9.17, 15) is 14.6 Å². The molecule has 1 heterocycles. The van der Waals surface area contributed by atoms with Gasteiger partial charge in [-0.25, -0.2) is 4.79 Å². The minimum Gasteiger partial charge on any atom is -0.451 e. The monoisotopic (exact) mass is 248 g/mol. The lowest BCUT2D eigenvalue weighted by atomic mass is 9.79. The summed E-state index contributed by atoms with van der Waals surface area (Å²) in [5, 5.41) is 9.53. The zero-order valence-corrected chi connectivity index (χ0v) is 10.2. The van der Waals surface area contributed by atoms with Gasteiger partial charge >= 0.3 is 13.1 Å². The number of benzene rings is 1. The van der Waals surface area contributed by atoms with Gasteiger partial charge in [0.1, 0.15) is 0 Å². The third-order valence-corrected chi connectivity index (χ3v) is 2.90. The molecule has 0 aromatic heterocycles. The van der Waals surface area contributed by atoms with Crippen molar-refractivity contribution in [3.63, 3.8) is 0 Å². The van der Waals surface area contributed by atoms with Crippen LogP contribution in [0.1, 0.15) is 29.8 Å². The van der Waals surface area contributed by atoms with Gasteiger partial charge < -0.3 is 14.4 Å². The lowest BCUT2D eigenvalue weighted by Crippen LogP contribution is -2.29. The van der Waals surface area contributed by atoms with Gasteiger partial charge in [-0.15, -0.1) is 0 Å². The molecule has 1 atom stereocenters. The maximum Gasteiger partial charge on any atom is 0.491 e. The van der Waals surface area contributed by atoms with Crippen molar-refractivity contribution >= 4 is 24.3 Å². The Balaban J connectivity index is 2.17. The Kier molecular flexibility index (Phi) is 3.49. The van der Waals surface area contributed by atoms with E-state index >= 15 is 0 Å². The molecule has 0 saturated carbocycles. The Hall–Kier alpha value is -1.66. The van der Waals surface area contributed by atoms with E-state index in [4.69, 9.17) is 9.39 Å². The van der Waals surface area contributed by atoms with Crippen molar-refractivity contribution in [3.8, 4) is 0 Å². The molecule has 0 aliphatic carbocycles. The SMILES string of the molecule is CC(=O)C(C)OC(=O)c1ccc2c(c1)B(O)OC2. The summed E-state index contributed by atoms with van der Waals surface area (Å²) < 4.78 is 10.0. The van der Waals surface area contributed by atoms with Crippen LogP contribution in [0, 0.1) is 0 Å². The number of carbonyl (C=O) groups is 2.